The number of nitrogens with zero attached hydrogens (tertiary/aromatic N) is 3. The molecular weight excluding hydrogens is 429 g/mol. The molecule has 1 atom stereocenters. The highest BCUT2D eigenvalue weighted by Crippen LogP contribution is 2.19. The molecule has 1 unspecified atom stereocenters. The molecule has 136 valence electrons. The van der Waals surface area contributed by atoms with E-state index in [1.807, 2.05) is 0 Å². The van der Waals surface area contributed by atoms with Crippen LogP contribution in [0.4, 0.5) is 0 Å². The lowest BCUT2D eigenvalue weighted by atomic mass is 10.1. The predicted octanol–water partition coefficient (Wildman–Crippen LogP) is 0.147. The minimum atomic E-state index is -3.12. The molecule has 0 aromatic rings. The highest BCUT2D eigenvalue weighted by atomic mass is 127. The number of sulfonamides is 1. The smallest absolute Gasteiger partial charge is 0.208 e. The second-order valence-corrected chi connectivity index (χ2v) is 8.08. The van der Waals surface area contributed by atoms with Gasteiger partial charge in [-0.15, -0.1) is 24.0 Å². The minimum Gasteiger partial charge on any atom is -0.355 e. The third kappa shape index (κ3) is 7.53. The number of halogens is 1. The zero-order valence-corrected chi connectivity index (χ0v) is 17.3. The van der Waals surface area contributed by atoms with Crippen molar-refractivity contribution in [2.24, 2.45) is 10.9 Å². The zero-order valence-electron chi connectivity index (χ0n) is 14.1. The van der Waals surface area contributed by atoms with Crippen molar-refractivity contribution in [3.63, 3.8) is 0 Å². The lowest BCUT2D eigenvalue weighted by Crippen LogP contribution is -2.43. The van der Waals surface area contributed by atoms with Crippen LogP contribution in [0, 0.1) is 5.92 Å². The third-order valence-corrected chi connectivity index (χ3v) is 5.01. The largest absolute Gasteiger partial charge is 0.355 e. The van der Waals surface area contributed by atoms with Crippen molar-refractivity contribution in [2.45, 2.75) is 19.3 Å². The second kappa shape index (κ2) is 10.00. The van der Waals surface area contributed by atoms with Gasteiger partial charge in [0.25, 0.3) is 0 Å². The van der Waals surface area contributed by atoms with Crippen molar-refractivity contribution in [3.05, 3.63) is 0 Å². The average Bonchev–Trinajstić information content (AvgIpc) is 3.10. The maximum atomic E-state index is 11.0. The van der Waals surface area contributed by atoms with Crippen molar-refractivity contribution in [1.82, 2.24) is 19.8 Å². The Kier molecular flexibility index (Phi) is 9.09. The van der Waals surface area contributed by atoms with E-state index in [9.17, 15) is 8.42 Å². The van der Waals surface area contributed by atoms with Gasteiger partial charge < -0.3 is 15.1 Å². The Morgan fingerprint density at radius 3 is 2.52 bits per heavy atom. The summed E-state index contributed by atoms with van der Waals surface area (Å²) in [5.41, 5.74) is 0. The van der Waals surface area contributed by atoms with E-state index in [0.717, 1.165) is 19.0 Å². The number of nitrogens with one attached hydrogen (secondary N) is 2. The van der Waals surface area contributed by atoms with Crippen LogP contribution in [0.3, 0.4) is 0 Å². The topological polar surface area (TPSA) is 77.0 Å². The van der Waals surface area contributed by atoms with Crippen LogP contribution in [-0.4, -0.2) is 83.3 Å². The summed E-state index contributed by atoms with van der Waals surface area (Å²) in [5.74, 6) is 1.59. The molecule has 0 aromatic carbocycles. The van der Waals surface area contributed by atoms with E-state index in [2.05, 4.69) is 24.8 Å². The Bertz CT molecular complexity index is 480. The molecular formula is C14H30IN5O2S. The molecule has 0 aromatic heterocycles. The van der Waals surface area contributed by atoms with Crippen molar-refractivity contribution in [1.29, 1.82) is 0 Å². The van der Waals surface area contributed by atoms with Gasteiger partial charge in [-0.05, 0) is 38.3 Å². The van der Waals surface area contributed by atoms with Gasteiger partial charge in [-0.3, -0.25) is 4.99 Å². The minimum absolute atomic E-state index is 0. The summed E-state index contributed by atoms with van der Waals surface area (Å²) in [5, 5.41) is 3.23. The standard InChI is InChI=1S/C14H29N5O2S.HI/c1-15-14(16-6-7-17-22(2,20)21)19-10-5-13(12-19)11-18-8-3-4-9-18;/h13,17H,3-12H2,1-2H3,(H,15,16);1H. The van der Waals surface area contributed by atoms with Crippen LogP contribution >= 0.6 is 24.0 Å². The van der Waals surface area contributed by atoms with Gasteiger partial charge in [0.15, 0.2) is 5.96 Å². The first-order valence-electron chi connectivity index (χ1n) is 8.10. The number of rotatable bonds is 6. The molecule has 2 N–H and O–H groups in total. The summed E-state index contributed by atoms with van der Waals surface area (Å²) >= 11 is 0. The molecule has 0 radical (unpaired) electrons. The van der Waals surface area contributed by atoms with Gasteiger partial charge in [0, 0.05) is 39.8 Å². The highest BCUT2D eigenvalue weighted by molar-refractivity contribution is 14.0. The van der Waals surface area contributed by atoms with Gasteiger partial charge in [-0.25, -0.2) is 13.1 Å². The molecule has 2 aliphatic heterocycles. The number of likely N-dealkylation sites (tertiary alicyclic amines) is 2. The first-order chi connectivity index (χ1) is 10.5. The van der Waals surface area contributed by atoms with Crippen LogP contribution in [-0.2, 0) is 10.0 Å². The third-order valence-electron chi connectivity index (χ3n) is 4.28. The van der Waals surface area contributed by atoms with Crippen molar-refractivity contribution >= 4 is 40.0 Å². The van der Waals surface area contributed by atoms with Crippen LogP contribution in [0.1, 0.15) is 19.3 Å². The van der Waals surface area contributed by atoms with Crippen molar-refractivity contribution in [3.8, 4) is 0 Å². The Labute approximate surface area is 157 Å². The van der Waals surface area contributed by atoms with E-state index in [1.54, 1.807) is 7.05 Å². The monoisotopic (exact) mass is 459 g/mol. The van der Waals surface area contributed by atoms with Crippen LogP contribution in [0.25, 0.3) is 0 Å². The molecule has 0 saturated carbocycles. The Hall–Kier alpha value is -0.130. The van der Waals surface area contributed by atoms with Crippen LogP contribution in [0.5, 0.6) is 0 Å². The molecule has 0 aliphatic carbocycles. The quantitative estimate of drug-likeness (QED) is 0.256. The molecule has 0 bridgehead atoms. The maximum absolute atomic E-state index is 11.0. The maximum Gasteiger partial charge on any atom is 0.208 e. The number of aliphatic imine (C=N–C) groups is 1. The average molecular weight is 459 g/mol. The number of hydrogen-bond donors (Lipinski definition) is 2. The van der Waals surface area contributed by atoms with Crippen LogP contribution in [0.15, 0.2) is 4.99 Å². The number of guanidine groups is 1. The summed E-state index contributed by atoms with van der Waals surface area (Å²) in [6.45, 7) is 6.69. The fraction of sp³-hybridized carbons (Fsp3) is 0.929. The molecule has 2 heterocycles. The Morgan fingerprint density at radius 2 is 1.91 bits per heavy atom. The van der Waals surface area contributed by atoms with E-state index < -0.39 is 10.0 Å². The summed E-state index contributed by atoms with van der Waals surface area (Å²) in [6.07, 6.45) is 5.06. The van der Waals surface area contributed by atoms with Gasteiger partial charge in [0.05, 0.1) is 6.26 Å². The summed E-state index contributed by atoms with van der Waals surface area (Å²) in [6, 6.07) is 0. The predicted molar refractivity (Wildman–Crippen MR) is 105 cm³/mol. The van der Waals surface area contributed by atoms with Gasteiger partial charge in [0.2, 0.25) is 10.0 Å². The molecule has 9 heteroatoms. The molecule has 0 spiro atoms. The highest BCUT2D eigenvalue weighted by Gasteiger charge is 2.27. The molecule has 23 heavy (non-hydrogen) atoms. The van der Waals surface area contributed by atoms with Gasteiger partial charge in [-0.2, -0.15) is 0 Å². The van der Waals surface area contributed by atoms with Gasteiger partial charge in [0.1, 0.15) is 0 Å². The van der Waals surface area contributed by atoms with E-state index >= 15 is 0 Å². The van der Waals surface area contributed by atoms with E-state index in [-0.39, 0.29) is 24.0 Å². The zero-order chi connectivity index (χ0) is 16.0. The summed E-state index contributed by atoms with van der Waals surface area (Å²) in [7, 11) is -1.34. The van der Waals surface area contributed by atoms with E-state index in [0.29, 0.717) is 19.0 Å². The van der Waals surface area contributed by atoms with Crippen molar-refractivity contribution < 1.29 is 8.42 Å². The molecule has 2 saturated heterocycles. The number of hydrogen-bond acceptors (Lipinski definition) is 4. The fourth-order valence-electron chi connectivity index (χ4n) is 3.25. The normalized spacial score (nSPS) is 23.1. The van der Waals surface area contributed by atoms with Gasteiger partial charge in [-0.1, -0.05) is 0 Å². The summed E-state index contributed by atoms with van der Waals surface area (Å²) < 4.78 is 24.5. The van der Waals surface area contributed by atoms with Crippen LogP contribution < -0.4 is 10.0 Å². The molecule has 0 amide bonds. The molecule has 2 rings (SSSR count). The molecule has 2 fully saturated rings. The van der Waals surface area contributed by atoms with Crippen LogP contribution in [0.2, 0.25) is 0 Å². The SMILES string of the molecule is CN=C(NCCNS(C)(=O)=O)N1CCC(CN2CCCC2)C1.I. The second-order valence-electron chi connectivity index (χ2n) is 6.25. The van der Waals surface area contributed by atoms with Gasteiger partial charge >= 0.3 is 0 Å². The Morgan fingerprint density at radius 1 is 1.22 bits per heavy atom. The van der Waals surface area contributed by atoms with E-state index in [1.165, 1.54) is 45.2 Å². The molecule has 7 nitrogen and oxygen atoms in total. The Balaban J connectivity index is 0.00000264. The summed E-state index contributed by atoms with van der Waals surface area (Å²) in [4.78, 5) is 9.16. The van der Waals surface area contributed by atoms with E-state index in [4.69, 9.17) is 0 Å². The fourth-order valence-corrected chi connectivity index (χ4v) is 3.72. The lowest BCUT2D eigenvalue weighted by molar-refractivity contribution is 0.281. The first kappa shape index (κ1) is 20.9. The van der Waals surface area contributed by atoms with Crippen molar-refractivity contribution in [2.75, 3.05) is 59.1 Å². The lowest BCUT2D eigenvalue weighted by Gasteiger charge is -2.23. The first-order valence-corrected chi connectivity index (χ1v) is 9.99. The molecule has 2 aliphatic rings.